The molecule has 1 N–H and O–H groups in total. The van der Waals surface area contributed by atoms with Crippen molar-refractivity contribution in [3.63, 3.8) is 0 Å². The van der Waals surface area contributed by atoms with Crippen molar-refractivity contribution in [3.05, 3.63) is 69.9 Å². The van der Waals surface area contributed by atoms with Gasteiger partial charge >= 0.3 is 0 Å². The fraction of sp³-hybridized carbons (Fsp3) is 0.300. The van der Waals surface area contributed by atoms with Gasteiger partial charge in [-0.3, -0.25) is 9.59 Å². The molecule has 0 spiro atoms. The molecule has 0 aliphatic rings. The average molecular weight is 421 g/mol. The van der Waals surface area contributed by atoms with Crippen LogP contribution in [0.5, 0.6) is 0 Å². The van der Waals surface area contributed by atoms with Crippen LogP contribution in [-0.2, 0) is 22.6 Å². The zero-order chi connectivity index (χ0) is 18.9. The van der Waals surface area contributed by atoms with E-state index >= 15 is 0 Å². The maximum Gasteiger partial charge on any atom is 0.239 e. The van der Waals surface area contributed by atoms with Gasteiger partial charge < -0.3 is 10.2 Å². The van der Waals surface area contributed by atoms with E-state index in [0.717, 1.165) is 15.6 Å². The van der Waals surface area contributed by atoms with Crippen molar-refractivity contribution in [1.29, 1.82) is 0 Å². The minimum atomic E-state index is -0.312. The maximum atomic E-state index is 12.9. The topological polar surface area (TPSA) is 49.4 Å². The molecule has 0 heterocycles. The van der Waals surface area contributed by atoms with E-state index in [4.69, 9.17) is 0 Å². The molecule has 26 heavy (non-hydrogen) atoms. The summed E-state index contributed by atoms with van der Waals surface area (Å²) in [5.74, 6) is -0.599. The molecule has 4 nitrogen and oxygen atoms in total. The van der Waals surface area contributed by atoms with Gasteiger partial charge in [0, 0.05) is 24.0 Å². The van der Waals surface area contributed by atoms with Crippen LogP contribution in [0.4, 0.5) is 4.39 Å². The molecule has 0 aliphatic heterocycles. The second-order valence-corrected chi connectivity index (χ2v) is 6.76. The first-order valence-electron chi connectivity index (χ1n) is 8.52. The fourth-order valence-electron chi connectivity index (χ4n) is 2.51. The molecule has 2 amide bonds. The summed E-state index contributed by atoms with van der Waals surface area (Å²) in [7, 11) is 0. The van der Waals surface area contributed by atoms with E-state index in [0.29, 0.717) is 25.9 Å². The molecular formula is C20H22BrFN2O2. The monoisotopic (exact) mass is 420 g/mol. The van der Waals surface area contributed by atoms with Crippen molar-refractivity contribution in [2.45, 2.75) is 26.3 Å². The van der Waals surface area contributed by atoms with Crippen molar-refractivity contribution in [2.75, 3.05) is 13.1 Å². The quantitative estimate of drug-likeness (QED) is 0.707. The van der Waals surface area contributed by atoms with Gasteiger partial charge in [-0.1, -0.05) is 46.3 Å². The summed E-state index contributed by atoms with van der Waals surface area (Å²) < 4.78 is 13.9. The molecule has 0 bridgehead atoms. The summed E-state index contributed by atoms with van der Waals surface area (Å²) in [6.45, 7) is 2.65. The zero-order valence-electron chi connectivity index (χ0n) is 14.7. The lowest BCUT2D eigenvalue weighted by atomic mass is 10.1. The lowest BCUT2D eigenvalue weighted by Crippen LogP contribution is -2.40. The summed E-state index contributed by atoms with van der Waals surface area (Å²) in [5, 5.41) is 2.76. The predicted octanol–water partition coefficient (Wildman–Crippen LogP) is 3.69. The van der Waals surface area contributed by atoms with Gasteiger partial charge in [0.25, 0.3) is 0 Å². The molecule has 6 heteroatoms. The Morgan fingerprint density at radius 1 is 1.12 bits per heavy atom. The zero-order valence-corrected chi connectivity index (χ0v) is 16.3. The molecule has 0 radical (unpaired) electrons. The number of benzene rings is 2. The first-order chi connectivity index (χ1) is 12.5. The third kappa shape index (κ3) is 6.26. The molecule has 2 rings (SSSR count). The van der Waals surface area contributed by atoms with Gasteiger partial charge in [-0.2, -0.15) is 0 Å². The summed E-state index contributed by atoms with van der Waals surface area (Å²) in [5.41, 5.74) is 1.88. The Labute approximate surface area is 161 Å². The van der Waals surface area contributed by atoms with Crippen molar-refractivity contribution in [1.82, 2.24) is 10.2 Å². The van der Waals surface area contributed by atoms with Gasteiger partial charge in [0.05, 0.1) is 6.54 Å². The average Bonchev–Trinajstić information content (AvgIpc) is 2.64. The minimum Gasteiger partial charge on any atom is -0.350 e. The largest absolute Gasteiger partial charge is 0.350 e. The minimum absolute atomic E-state index is 0.0203. The number of carbonyl (C=O) groups is 2. The van der Waals surface area contributed by atoms with Gasteiger partial charge in [0.1, 0.15) is 5.82 Å². The van der Waals surface area contributed by atoms with E-state index in [-0.39, 0.29) is 24.2 Å². The van der Waals surface area contributed by atoms with E-state index in [2.05, 4.69) is 21.2 Å². The van der Waals surface area contributed by atoms with Crippen molar-refractivity contribution >= 4 is 27.7 Å². The number of aryl methyl sites for hydroxylation is 1. The standard InChI is InChI=1S/C20H22BrFN2O2/c1-2-24(20(26)12-9-16-5-3-4-6-18(16)21)14-19(25)23-13-15-7-10-17(22)11-8-15/h3-8,10-11H,2,9,12-14H2,1H3,(H,23,25). The first-order valence-corrected chi connectivity index (χ1v) is 9.31. The first kappa shape index (κ1) is 20.1. The normalized spacial score (nSPS) is 10.4. The van der Waals surface area contributed by atoms with Crippen LogP contribution in [0.2, 0.25) is 0 Å². The van der Waals surface area contributed by atoms with Crippen LogP contribution in [-0.4, -0.2) is 29.8 Å². The van der Waals surface area contributed by atoms with E-state index in [1.807, 2.05) is 31.2 Å². The second kappa shape index (κ2) is 10.1. The SMILES string of the molecule is CCN(CC(=O)NCc1ccc(F)cc1)C(=O)CCc1ccccc1Br. The Bertz CT molecular complexity index is 750. The molecule has 0 fully saturated rings. The number of likely N-dealkylation sites (N-methyl/N-ethyl adjacent to an activating group) is 1. The van der Waals surface area contributed by atoms with Crippen molar-refractivity contribution in [3.8, 4) is 0 Å². The summed E-state index contributed by atoms with van der Waals surface area (Å²) in [4.78, 5) is 26.0. The fourth-order valence-corrected chi connectivity index (χ4v) is 2.99. The van der Waals surface area contributed by atoms with Gasteiger partial charge in [0.15, 0.2) is 0 Å². The Kier molecular flexibility index (Phi) is 7.78. The Morgan fingerprint density at radius 2 is 1.81 bits per heavy atom. The highest BCUT2D eigenvalue weighted by molar-refractivity contribution is 9.10. The molecule has 0 unspecified atom stereocenters. The maximum absolute atomic E-state index is 12.9. The molecule has 0 aromatic heterocycles. The number of nitrogens with zero attached hydrogens (tertiary/aromatic N) is 1. The van der Waals surface area contributed by atoms with Gasteiger partial charge in [-0.15, -0.1) is 0 Å². The summed E-state index contributed by atoms with van der Waals surface area (Å²) in [6, 6.07) is 13.7. The van der Waals surface area contributed by atoms with Crippen LogP contribution < -0.4 is 5.32 Å². The number of carbonyl (C=O) groups excluding carboxylic acids is 2. The lowest BCUT2D eigenvalue weighted by Gasteiger charge is -2.20. The van der Waals surface area contributed by atoms with Crippen molar-refractivity contribution in [2.24, 2.45) is 0 Å². The molecular weight excluding hydrogens is 399 g/mol. The number of hydrogen-bond acceptors (Lipinski definition) is 2. The molecule has 2 aromatic rings. The third-order valence-corrected chi connectivity index (χ3v) is 4.81. The Hall–Kier alpha value is -2.21. The molecule has 138 valence electrons. The van der Waals surface area contributed by atoms with E-state index < -0.39 is 0 Å². The molecule has 0 saturated carbocycles. The Balaban J connectivity index is 1.81. The van der Waals surface area contributed by atoms with Crippen LogP contribution >= 0.6 is 15.9 Å². The highest BCUT2D eigenvalue weighted by Crippen LogP contribution is 2.17. The van der Waals surface area contributed by atoms with Gasteiger partial charge in [0.2, 0.25) is 11.8 Å². The number of nitrogens with one attached hydrogen (secondary N) is 1. The van der Waals surface area contributed by atoms with Crippen LogP contribution in [0, 0.1) is 5.82 Å². The predicted molar refractivity (Wildman–Crippen MR) is 103 cm³/mol. The van der Waals surface area contributed by atoms with Crippen LogP contribution in [0.3, 0.4) is 0 Å². The van der Waals surface area contributed by atoms with Gasteiger partial charge in [-0.25, -0.2) is 4.39 Å². The number of amides is 2. The number of hydrogen-bond donors (Lipinski definition) is 1. The summed E-state index contributed by atoms with van der Waals surface area (Å²) >= 11 is 3.48. The molecule has 0 atom stereocenters. The summed E-state index contributed by atoms with van der Waals surface area (Å²) in [6.07, 6.45) is 0.968. The van der Waals surface area contributed by atoms with Crippen molar-refractivity contribution < 1.29 is 14.0 Å². The highest BCUT2D eigenvalue weighted by atomic mass is 79.9. The number of halogens is 2. The third-order valence-electron chi connectivity index (χ3n) is 4.04. The Morgan fingerprint density at radius 3 is 2.46 bits per heavy atom. The lowest BCUT2D eigenvalue weighted by molar-refractivity contribution is -0.135. The van der Waals surface area contributed by atoms with E-state index in [1.54, 1.807) is 12.1 Å². The molecule has 0 aliphatic carbocycles. The highest BCUT2D eigenvalue weighted by Gasteiger charge is 2.15. The van der Waals surface area contributed by atoms with Crippen LogP contribution in [0.15, 0.2) is 53.0 Å². The molecule has 2 aromatic carbocycles. The van der Waals surface area contributed by atoms with E-state index in [1.165, 1.54) is 17.0 Å². The molecule has 0 saturated heterocycles. The van der Waals surface area contributed by atoms with E-state index in [9.17, 15) is 14.0 Å². The van der Waals surface area contributed by atoms with Crippen LogP contribution in [0.1, 0.15) is 24.5 Å². The smallest absolute Gasteiger partial charge is 0.239 e. The second-order valence-electron chi connectivity index (χ2n) is 5.90. The number of rotatable bonds is 8. The van der Waals surface area contributed by atoms with Gasteiger partial charge in [-0.05, 0) is 42.7 Å². The van der Waals surface area contributed by atoms with Crippen LogP contribution in [0.25, 0.3) is 0 Å².